The van der Waals surface area contributed by atoms with E-state index >= 15 is 0 Å². The van der Waals surface area contributed by atoms with Gasteiger partial charge in [-0.3, -0.25) is 4.79 Å². The predicted octanol–water partition coefficient (Wildman–Crippen LogP) is 2.27. The molecule has 0 aliphatic carbocycles. The fourth-order valence-electron chi connectivity index (χ4n) is 2.45. The van der Waals surface area contributed by atoms with E-state index in [0.29, 0.717) is 6.04 Å². The molecular weight excluding hydrogens is 264 g/mol. The van der Waals surface area contributed by atoms with Crippen molar-refractivity contribution in [3.8, 4) is 5.75 Å². The maximum absolute atomic E-state index is 11.9. The van der Waals surface area contributed by atoms with E-state index in [-0.39, 0.29) is 12.0 Å². The first-order valence-corrected chi connectivity index (χ1v) is 7.89. The van der Waals surface area contributed by atoms with Gasteiger partial charge in [-0.25, -0.2) is 0 Å². The molecule has 1 aromatic carbocycles. The van der Waals surface area contributed by atoms with E-state index in [1.165, 1.54) is 5.56 Å². The summed E-state index contributed by atoms with van der Waals surface area (Å²) in [5.41, 5.74) is 1.30. The van der Waals surface area contributed by atoms with Crippen molar-refractivity contribution in [3.05, 3.63) is 29.8 Å². The molecule has 116 valence electrons. The zero-order valence-electron chi connectivity index (χ0n) is 13.0. The Morgan fingerprint density at radius 1 is 1.33 bits per heavy atom. The molecule has 1 heterocycles. The van der Waals surface area contributed by atoms with Crippen LogP contribution in [0.25, 0.3) is 0 Å². The lowest BCUT2D eigenvalue weighted by atomic mass is 10.1. The molecule has 4 nitrogen and oxygen atoms in total. The number of rotatable bonds is 6. The lowest BCUT2D eigenvalue weighted by molar-refractivity contribution is -0.127. The molecule has 0 saturated carbocycles. The fraction of sp³-hybridized carbons (Fsp3) is 0.588. The number of amides is 1. The Bertz CT molecular complexity index is 445. The first-order valence-electron chi connectivity index (χ1n) is 7.89. The molecule has 1 saturated heterocycles. The number of aryl methyl sites for hydroxylation is 1. The molecule has 0 spiro atoms. The van der Waals surface area contributed by atoms with E-state index in [1.807, 2.05) is 19.2 Å². The van der Waals surface area contributed by atoms with E-state index in [9.17, 15) is 4.79 Å². The number of hydrogen-bond donors (Lipinski definition) is 2. The molecule has 0 bridgehead atoms. The number of nitrogens with one attached hydrogen (secondary N) is 2. The maximum atomic E-state index is 11.9. The second-order valence-corrected chi connectivity index (χ2v) is 5.77. The van der Waals surface area contributed by atoms with Gasteiger partial charge in [0.2, 0.25) is 0 Å². The highest BCUT2D eigenvalue weighted by molar-refractivity contribution is 5.81. The Morgan fingerprint density at radius 2 is 2.10 bits per heavy atom. The summed E-state index contributed by atoms with van der Waals surface area (Å²) in [7, 11) is 1.99. The highest BCUT2D eigenvalue weighted by atomic mass is 16.5. The van der Waals surface area contributed by atoms with Gasteiger partial charge in [-0.2, -0.15) is 0 Å². The second kappa shape index (κ2) is 8.03. The average Bonchev–Trinajstić information content (AvgIpc) is 2.71. The summed E-state index contributed by atoms with van der Waals surface area (Å²) in [6.45, 7) is 2.95. The van der Waals surface area contributed by atoms with Crippen LogP contribution in [0.1, 0.15) is 38.2 Å². The molecule has 2 unspecified atom stereocenters. The Labute approximate surface area is 127 Å². The minimum Gasteiger partial charge on any atom is -0.481 e. The Morgan fingerprint density at radius 3 is 2.81 bits per heavy atom. The van der Waals surface area contributed by atoms with E-state index < -0.39 is 0 Å². The molecule has 2 atom stereocenters. The Hall–Kier alpha value is -1.55. The van der Waals surface area contributed by atoms with E-state index in [0.717, 1.165) is 44.4 Å². The van der Waals surface area contributed by atoms with Crippen LogP contribution in [-0.2, 0) is 11.2 Å². The third-order valence-electron chi connectivity index (χ3n) is 4.05. The summed E-state index contributed by atoms with van der Waals surface area (Å²) in [5, 5.41) is 6.14. The van der Waals surface area contributed by atoms with Gasteiger partial charge < -0.3 is 15.4 Å². The van der Waals surface area contributed by atoms with Gasteiger partial charge in [-0.1, -0.05) is 12.1 Å². The second-order valence-electron chi connectivity index (χ2n) is 5.77. The monoisotopic (exact) mass is 290 g/mol. The van der Waals surface area contributed by atoms with Crippen molar-refractivity contribution < 1.29 is 9.53 Å². The van der Waals surface area contributed by atoms with Crippen molar-refractivity contribution in [3.63, 3.8) is 0 Å². The third kappa shape index (κ3) is 5.05. The van der Waals surface area contributed by atoms with Crippen LogP contribution in [0, 0.1) is 0 Å². The highest BCUT2D eigenvalue weighted by Gasteiger charge is 2.22. The number of ether oxygens (including phenoxy) is 1. The molecule has 2 N–H and O–H groups in total. The zero-order valence-corrected chi connectivity index (χ0v) is 13.0. The SMILES string of the molecule is CNC(C)CCc1ccc(OC2CCCCNC2=O)cc1. The summed E-state index contributed by atoms with van der Waals surface area (Å²) in [4.78, 5) is 11.9. The van der Waals surface area contributed by atoms with Crippen molar-refractivity contribution in [1.82, 2.24) is 10.6 Å². The Balaban J connectivity index is 1.88. The van der Waals surface area contributed by atoms with Crippen LogP contribution < -0.4 is 15.4 Å². The standard InChI is InChI=1S/C17H26N2O2/c1-13(18-2)6-7-14-8-10-15(11-9-14)21-16-5-3-4-12-19-17(16)20/h8-11,13,16,18H,3-7,12H2,1-2H3,(H,19,20). The van der Waals surface area contributed by atoms with Gasteiger partial charge in [0.05, 0.1) is 0 Å². The topological polar surface area (TPSA) is 50.4 Å². The number of carbonyl (C=O) groups is 1. The normalized spacial score (nSPS) is 20.5. The summed E-state index contributed by atoms with van der Waals surface area (Å²) >= 11 is 0. The van der Waals surface area contributed by atoms with Crippen LogP contribution in [0.2, 0.25) is 0 Å². The number of carbonyl (C=O) groups excluding carboxylic acids is 1. The number of benzene rings is 1. The molecule has 21 heavy (non-hydrogen) atoms. The predicted molar refractivity (Wildman–Crippen MR) is 84.6 cm³/mol. The Kier molecular flexibility index (Phi) is 6.05. The van der Waals surface area contributed by atoms with Gasteiger partial charge in [0.25, 0.3) is 5.91 Å². The van der Waals surface area contributed by atoms with Crippen LogP contribution in [0.3, 0.4) is 0 Å². The van der Waals surface area contributed by atoms with Crippen LogP contribution >= 0.6 is 0 Å². The molecule has 4 heteroatoms. The highest BCUT2D eigenvalue weighted by Crippen LogP contribution is 2.18. The van der Waals surface area contributed by atoms with Crippen LogP contribution in [0.4, 0.5) is 0 Å². The van der Waals surface area contributed by atoms with E-state index in [1.54, 1.807) is 0 Å². The average molecular weight is 290 g/mol. The van der Waals surface area contributed by atoms with Crippen LogP contribution in [0.15, 0.2) is 24.3 Å². The maximum Gasteiger partial charge on any atom is 0.261 e. The quantitative estimate of drug-likeness (QED) is 0.845. The lowest BCUT2D eigenvalue weighted by Crippen LogP contribution is -2.36. The number of hydrogen-bond acceptors (Lipinski definition) is 3. The van der Waals surface area contributed by atoms with Crippen molar-refractivity contribution in [2.45, 2.75) is 51.2 Å². The zero-order chi connectivity index (χ0) is 15.1. The van der Waals surface area contributed by atoms with Crippen LogP contribution in [0.5, 0.6) is 5.75 Å². The molecular formula is C17H26N2O2. The van der Waals surface area contributed by atoms with Gasteiger partial charge >= 0.3 is 0 Å². The molecule has 0 radical (unpaired) electrons. The molecule has 1 aliphatic rings. The molecule has 1 amide bonds. The molecule has 2 rings (SSSR count). The van der Waals surface area contributed by atoms with Crippen molar-refractivity contribution in [2.75, 3.05) is 13.6 Å². The van der Waals surface area contributed by atoms with Crippen molar-refractivity contribution in [2.24, 2.45) is 0 Å². The van der Waals surface area contributed by atoms with E-state index in [4.69, 9.17) is 4.74 Å². The van der Waals surface area contributed by atoms with E-state index in [2.05, 4.69) is 29.7 Å². The van der Waals surface area contributed by atoms with Crippen molar-refractivity contribution in [1.29, 1.82) is 0 Å². The van der Waals surface area contributed by atoms with Gasteiger partial charge in [0.15, 0.2) is 6.10 Å². The first-order chi connectivity index (χ1) is 10.2. The molecule has 1 aromatic rings. The first kappa shape index (κ1) is 15.8. The van der Waals surface area contributed by atoms with Crippen molar-refractivity contribution >= 4 is 5.91 Å². The van der Waals surface area contributed by atoms with Gasteiger partial charge in [0, 0.05) is 12.6 Å². The fourth-order valence-corrected chi connectivity index (χ4v) is 2.45. The van der Waals surface area contributed by atoms with Gasteiger partial charge in [-0.15, -0.1) is 0 Å². The van der Waals surface area contributed by atoms with Gasteiger partial charge in [-0.05, 0) is 63.8 Å². The summed E-state index contributed by atoms with van der Waals surface area (Å²) in [6.07, 6.45) is 4.68. The third-order valence-corrected chi connectivity index (χ3v) is 4.05. The lowest BCUT2D eigenvalue weighted by Gasteiger charge is -2.16. The molecule has 1 aliphatic heterocycles. The summed E-state index contributed by atoms with van der Waals surface area (Å²) in [5.74, 6) is 0.793. The summed E-state index contributed by atoms with van der Waals surface area (Å²) < 4.78 is 5.82. The minimum absolute atomic E-state index is 0.0134. The van der Waals surface area contributed by atoms with Gasteiger partial charge in [0.1, 0.15) is 5.75 Å². The summed E-state index contributed by atoms with van der Waals surface area (Å²) in [6, 6.07) is 8.64. The minimum atomic E-state index is -0.345. The molecule has 0 aromatic heterocycles. The molecule has 1 fully saturated rings. The largest absolute Gasteiger partial charge is 0.481 e. The van der Waals surface area contributed by atoms with Crippen LogP contribution in [-0.4, -0.2) is 31.6 Å². The smallest absolute Gasteiger partial charge is 0.261 e.